The Kier molecular flexibility index (Phi) is 6.82. The van der Waals surface area contributed by atoms with Crippen LogP contribution in [0.15, 0.2) is 59.7 Å². The Balaban J connectivity index is 1.36. The second kappa shape index (κ2) is 9.53. The van der Waals surface area contributed by atoms with E-state index in [0.717, 1.165) is 28.6 Å². The standard InChI is InChI=1S/C19H20N2O2S2/c22-19(14-24-11-16-4-2-1-3-5-16)21-20-10-15-6-8-17(9-7-15)23-18-12-25-13-18/h1-10,18H,11-14H2,(H,21,22)/b20-10+. The summed E-state index contributed by atoms with van der Waals surface area (Å²) in [7, 11) is 0. The number of ether oxygens (including phenoxy) is 1. The van der Waals surface area contributed by atoms with Crippen LogP contribution in [0.1, 0.15) is 11.1 Å². The monoisotopic (exact) mass is 372 g/mol. The molecule has 0 bridgehead atoms. The topological polar surface area (TPSA) is 50.7 Å². The zero-order valence-electron chi connectivity index (χ0n) is 13.8. The molecule has 3 rings (SSSR count). The van der Waals surface area contributed by atoms with Crippen molar-refractivity contribution >= 4 is 35.6 Å². The number of hydrazone groups is 1. The van der Waals surface area contributed by atoms with Gasteiger partial charge in [0.05, 0.1) is 12.0 Å². The predicted molar refractivity (Wildman–Crippen MR) is 107 cm³/mol. The Morgan fingerprint density at radius 3 is 2.64 bits per heavy atom. The number of thioether (sulfide) groups is 2. The van der Waals surface area contributed by atoms with Gasteiger partial charge < -0.3 is 4.74 Å². The smallest absolute Gasteiger partial charge is 0.250 e. The fraction of sp³-hybridized carbons (Fsp3) is 0.263. The van der Waals surface area contributed by atoms with Gasteiger partial charge in [-0.2, -0.15) is 16.9 Å². The SMILES string of the molecule is O=C(CSCc1ccccc1)N/N=C/c1ccc(OC2CSC2)cc1. The summed E-state index contributed by atoms with van der Waals surface area (Å²) < 4.78 is 5.79. The number of benzene rings is 2. The van der Waals surface area contributed by atoms with Gasteiger partial charge in [0, 0.05) is 17.3 Å². The molecule has 2 aromatic carbocycles. The summed E-state index contributed by atoms with van der Waals surface area (Å²) >= 11 is 3.47. The normalized spacial score (nSPS) is 14.2. The van der Waals surface area contributed by atoms with E-state index in [-0.39, 0.29) is 5.91 Å². The first-order valence-corrected chi connectivity index (χ1v) is 10.4. The van der Waals surface area contributed by atoms with Gasteiger partial charge in [-0.25, -0.2) is 5.43 Å². The fourth-order valence-corrected chi connectivity index (χ4v) is 3.50. The maximum Gasteiger partial charge on any atom is 0.250 e. The van der Waals surface area contributed by atoms with Crippen molar-refractivity contribution in [2.24, 2.45) is 5.10 Å². The highest BCUT2D eigenvalue weighted by Gasteiger charge is 2.19. The summed E-state index contributed by atoms with van der Waals surface area (Å²) in [6, 6.07) is 17.8. The number of carbonyl (C=O) groups excluding carboxylic acids is 1. The van der Waals surface area contributed by atoms with Gasteiger partial charge in [0.15, 0.2) is 0 Å². The molecule has 0 aromatic heterocycles. The molecule has 4 nitrogen and oxygen atoms in total. The summed E-state index contributed by atoms with van der Waals surface area (Å²) in [6.45, 7) is 0. The summed E-state index contributed by atoms with van der Waals surface area (Å²) in [4.78, 5) is 11.8. The Morgan fingerprint density at radius 1 is 1.20 bits per heavy atom. The average Bonchev–Trinajstić information content (AvgIpc) is 2.60. The number of rotatable bonds is 8. The molecule has 130 valence electrons. The van der Waals surface area contributed by atoms with Crippen molar-refractivity contribution in [1.82, 2.24) is 5.43 Å². The van der Waals surface area contributed by atoms with Gasteiger partial charge in [-0.3, -0.25) is 4.79 Å². The van der Waals surface area contributed by atoms with Crippen LogP contribution in [0.5, 0.6) is 5.75 Å². The number of nitrogens with zero attached hydrogens (tertiary/aromatic N) is 1. The highest BCUT2D eigenvalue weighted by atomic mass is 32.2. The number of nitrogens with one attached hydrogen (secondary N) is 1. The number of amides is 1. The first kappa shape index (κ1) is 17.9. The minimum absolute atomic E-state index is 0.0976. The van der Waals surface area contributed by atoms with Gasteiger partial charge in [-0.05, 0) is 35.4 Å². The highest BCUT2D eigenvalue weighted by Crippen LogP contribution is 2.23. The lowest BCUT2D eigenvalue weighted by atomic mass is 10.2. The fourth-order valence-electron chi connectivity index (χ4n) is 2.15. The third-order valence-corrected chi connectivity index (χ3v) is 5.76. The maximum atomic E-state index is 11.8. The van der Waals surface area contributed by atoms with Crippen LogP contribution < -0.4 is 10.2 Å². The third kappa shape index (κ3) is 6.14. The zero-order chi connectivity index (χ0) is 17.3. The molecule has 1 N–H and O–H groups in total. The van der Waals surface area contributed by atoms with Crippen molar-refractivity contribution in [3.63, 3.8) is 0 Å². The minimum atomic E-state index is -0.0976. The minimum Gasteiger partial charge on any atom is -0.489 e. The number of hydrogen-bond acceptors (Lipinski definition) is 5. The molecule has 1 fully saturated rings. The second-order valence-electron chi connectivity index (χ2n) is 5.62. The maximum absolute atomic E-state index is 11.8. The summed E-state index contributed by atoms with van der Waals surface area (Å²) in [6.07, 6.45) is 1.99. The second-order valence-corrected chi connectivity index (χ2v) is 7.68. The van der Waals surface area contributed by atoms with Crippen molar-refractivity contribution in [1.29, 1.82) is 0 Å². The van der Waals surface area contributed by atoms with Gasteiger partial charge in [0.25, 0.3) is 0 Å². The summed E-state index contributed by atoms with van der Waals surface area (Å²) in [5, 5.41) is 4.00. The van der Waals surface area contributed by atoms with Crippen LogP contribution in [0.4, 0.5) is 0 Å². The van der Waals surface area contributed by atoms with Crippen molar-refractivity contribution in [3.8, 4) is 5.75 Å². The molecular formula is C19H20N2O2S2. The molecule has 0 spiro atoms. The molecule has 0 atom stereocenters. The van der Waals surface area contributed by atoms with Crippen LogP contribution in [-0.4, -0.2) is 35.5 Å². The van der Waals surface area contributed by atoms with E-state index in [1.54, 1.807) is 18.0 Å². The van der Waals surface area contributed by atoms with Crippen LogP contribution in [0.2, 0.25) is 0 Å². The lowest BCUT2D eigenvalue weighted by molar-refractivity contribution is -0.118. The Hall–Kier alpha value is -1.92. The molecule has 1 aliphatic heterocycles. The van der Waals surface area contributed by atoms with Gasteiger partial charge in [0.1, 0.15) is 11.9 Å². The molecule has 6 heteroatoms. The lowest BCUT2D eigenvalue weighted by Crippen LogP contribution is -2.30. The summed E-state index contributed by atoms with van der Waals surface area (Å²) in [5.41, 5.74) is 4.70. The van der Waals surface area contributed by atoms with E-state index >= 15 is 0 Å². The Bertz CT molecular complexity index is 701. The van der Waals surface area contributed by atoms with E-state index in [1.165, 1.54) is 5.56 Å². The predicted octanol–water partition coefficient (Wildman–Crippen LogP) is 3.56. The molecule has 1 saturated heterocycles. The van der Waals surface area contributed by atoms with Crippen molar-refractivity contribution in [2.45, 2.75) is 11.9 Å². The Morgan fingerprint density at radius 2 is 1.96 bits per heavy atom. The van der Waals surface area contributed by atoms with E-state index in [2.05, 4.69) is 22.7 Å². The van der Waals surface area contributed by atoms with E-state index in [9.17, 15) is 4.79 Å². The summed E-state index contributed by atoms with van der Waals surface area (Å²) in [5.74, 6) is 4.12. The van der Waals surface area contributed by atoms with Gasteiger partial charge in [-0.1, -0.05) is 30.3 Å². The van der Waals surface area contributed by atoms with Gasteiger partial charge in [-0.15, -0.1) is 11.8 Å². The molecular weight excluding hydrogens is 352 g/mol. The average molecular weight is 373 g/mol. The van der Waals surface area contributed by atoms with E-state index in [0.29, 0.717) is 11.9 Å². The van der Waals surface area contributed by atoms with Crippen molar-refractivity contribution in [2.75, 3.05) is 17.3 Å². The molecule has 1 amide bonds. The van der Waals surface area contributed by atoms with E-state index in [1.807, 2.05) is 54.2 Å². The molecule has 0 saturated carbocycles. The quantitative estimate of drug-likeness (QED) is 0.569. The first-order valence-electron chi connectivity index (χ1n) is 8.07. The lowest BCUT2D eigenvalue weighted by Gasteiger charge is -2.25. The van der Waals surface area contributed by atoms with Crippen LogP contribution in [-0.2, 0) is 10.5 Å². The molecule has 0 radical (unpaired) electrons. The molecule has 0 aliphatic carbocycles. The highest BCUT2D eigenvalue weighted by molar-refractivity contribution is 8.00. The first-order chi connectivity index (χ1) is 12.3. The van der Waals surface area contributed by atoms with Crippen molar-refractivity contribution in [3.05, 3.63) is 65.7 Å². The number of hydrogen-bond donors (Lipinski definition) is 1. The molecule has 1 heterocycles. The van der Waals surface area contributed by atoms with Crippen LogP contribution in [0.3, 0.4) is 0 Å². The van der Waals surface area contributed by atoms with Crippen molar-refractivity contribution < 1.29 is 9.53 Å². The number of carbonyl (C=O) groups is 1. The van der Waals surface area contributed by atoms with Gasteiger partial charge in [0.2, 0.25) is 5.91 Å². The zero-order valence-corrected chi connectivity index (χ0v) is 15.4. The third-order valence-electron chi connectivity index (χ3n) is 3.54. The van der Waals surface area contributed by atoms with Crippen LogP contribution in [0, 0.1) is 0 Å². The molecule has 25 heavy (non-hydrogen) atoms. The molecule has 2 aromatic rings. The largest absolute Gasteiger partial charge is 0.489 e. The van der Waals surface area contributed by atoms with Crippen LogP contribution >= 0.6 is 23.5 Å². The Labute approximate surface area is 156 Å². The van der Waals surface area contributed by atoms with Gasteiger partial charge >= 0.3 is 0 Å². The van der Waals surface area contributed by atoms with E-state index < -0.39 is 0 Å². The van der Waals surface area contributed by atoms with E-state index in [4.69, 9.17) is 4.74 Å². The molecule has 0 unspecified atom stereocenters. The molecule has 1 aliphatic rings. The van der Waals surface area contributed by atoms with Crippen LogP contribution in [0.25, 0.3) is 0 Å².